The van der Waals surface area contributed by atoms with Crippen molar-refractivity contribution >= 4 is 39.0 Å². The number of aliphatic hydroxyl groups excluding tert-OH is 1. The summed E-state index contributed by atoms with van der Waals surface area (Å²) in [5, 5.41) is 10.0. The van der Waals surface area contributed by atoms with Gasteiger partial charge in [-0.3, -0.25) is 0 Å². The van der Waals surface area contributed by atoms with Gasteiger partial charge in [-0.2, -0.15) is 0 Å². The Bertz CT molecular complexity index is 496. The lowest BCUT2D eigenvalue weighted by Crippen LogP contribution is -1.97. The summed E-state index contributed by atoms with van der Waals surface area (Å²) in [5.41, 5.74) is 0. The third kappa shape index (κ3) is 3.85. The van der Waals surface area contributed by atoms with Crippen molar-refractivity contribution in [2.24, 2.45) is 0 Å². The molecule has 0 bridgehead atoms. The fourth-order valence-electron chi connectivity index (χ4n) is 1.45. The van der Waals surface area contributed by atoms with Crippen LogP contribution >= 0.6 is 39.0 Å². The smallest absolute Gasteiger partial charge is 0.0975 e. The number of aryl methyl sites for hydroxylation is 1. The second-order valence-corrected chi connectivity index (χ2v) is 7.06. The van der Waals surface area contributed by atoms with Crippen molar-refractivity contribution in [3.05, 3.63) is 50.6 Å². The molecule has 0 saturated heterocycles. The predicted octanol–water partition coefficient (Wildman–Crippen LogP) is 4.64. The van der Waals surface area contributed by atoms with Gasteiger partial charge in [0.25, 0.3) is 0 Å². The van der Waals surface area contributed by atoms with E-state index in [9.17, 15) is 5.11 Å². The van der Waals surface area contributed by atoms with Crippen LogP contribution in [0, 0.1) is 6.92 Å². The Balaban J connectivity index is 1.94. The van der Waals surface area contributed by atoms with E-state index in [2.05, 4.69) is 35.0 Å². The first-order chi connectivity index (χ1) is 8.15. The van der Waals surface area contributed by atoms with Crippen LogP contribution in [0.1, 0.15) is 15.9 Å². The monoisotopic (exact) mass is 328 g/mol. The van der Waals surface area contributed by atoms with E-state index in [0.29, 0.717) is 5.75 Å². The Kier molecular flexibility index (Phi) is 4.68. The number of halogens is 1. The van der Waals surface area contributed by atoms with Crippen molar-refractivity contribution in [2.45, 2.75) is 17.9 Å². The minimum atomic E-state index is -0.377. The maximum atomic E-state index is 10.0. The maximum Gasteiger partial charge on any atom is 0.0975 e. The number of hydrogen-bond donors (Lipinski definition) is 1. The van der Waals surface area contributed by atoms with Crippen LogP contribution in [-0.4, -0.2) is 10.9 Å². The van der Waals surface area contributed by atoms with E-state index in [1.54, 1.807) is 23.1 Å². The Hall–Kier alpha value is -0.290. The van der Waals surface area contributed by atoms with Crippen molar-refractivity contribution in [2.75, 3.05) is 5.75 Å². The maximum absolute atomic E-state index is 10.0. The molecule has 1 nitrogen and oxygen atoms in total. The van der Waals surface area contributed by atoms with Gasteiger partial charge in [0.2, 0.25) is 0 Å². The molecule has 1 atom stereocenters. The zero-order chi connectivity index (χ0) is 12.3. The second kappa shape index (κ2) is 6.05. The zero-order valence-electron chi connectivity index (χ0n) is 9.39. The van der Waals surface area contributed by atoms with Gasteiger partial charge < -0.3 is 5.11 Å². The molecule has 1 aromatic heterocycles. The molecular formula is C13H13BrOS2. The minimum Gasteiger partial charge on any atom is -0.387 e. The highest BCUT2D eigenvalue weighted by molar-refractivity contribution is 9.10. The van der Waals surface area contributed by atoms with Crippen LogP contribution in [-0.2, 0) is 0 Å². The van der Waals surface area contributed by atoms with Crippen molar-refractivity contribution < 1.29 is 5.11 Å². The largest absolute Gasteiger partial charge is 0.387 e. The van der Waals surface area contributed by atoms with Crippen LogP contribution in [0.5, 0.6) is 0 Å². The highest BCUT2D eigenvalue weighted by Crippen LogP contribution is 2.29. The average Bonchev–Trinajstić information content (AvgIpc) is 2.73. The normalized spacial score (nSPS) is 12.6. The molecule has 1 unspecified atom stereocenters. The van der Waals surface area contributed by atoms with Crippen LogP contribution in [0.3, 0.4) is 0 Å². The molecule has 4 heteroatoms. The molecule has 0 fully saturated rings. The van der Waals surface area contributed by atoms with Crippen LogP contribution in [0.4, 0.5) is 0 Å². The third-order valence-electron chi connectivity index (χ3n) is 2.29. The second-order valence-electron chi connectivity index (χ2n) is 3.73. The summed E-state index contributed by atoms with van der Waals surface area (Å²) in [7, 11) is 0. The highest BCUT2D eigenvalue weighted by Gasteiger charge is 2.10. The summed E-state index contributed by atoms with van der Waals surface area (Å²) >= 11 is 6.78. The van der Waals surface area contributed by atoms with Gasteiger partial charge in [0.1, 0.15) is 0 Å². The molecule has 1 heterocycles. The molecule has 0 saturated carbocycles. The van der Waals surface area contributed by atoms with Crippen LogP contribution in [0.25, 0.3) is 0 Å². The topological polar surface area (TPSA) is 20.2 Å². The average molecular weight is 329 g/mol. The lowest BCUT2D eigenvalue weighted by Gasteiger charge is -2.08. The number of rotatable bonds is 4. The summed E-state index contributed by atoms with van der Waals surface area (Å²) in [4.78, 5) is 3.46. The van der Waals surface area contributed by atoms with Gasteiger partial charge in [-0.05, 0) is 37.3 Å². The number of hydrogen-bond acceptors (Lipinski definition) is 3. The standard InChI is InChI=1S/C13H13BrOS2/c1-9-5-6-13(17-9)12(15)8-16-11-4-2-3-10(14)7-11/h2-7,12,15H,8H2,1H3. The number of thiophene rings is 1. The Labute approximate surface area is 118 Å². The minimum absolute atomic E-state index is 0.377. The molecule has 0 amide bonds. The SMILES string of the molecule is Cc1ccc(C(O)CSc2cccc(Br)c2)s1. The molecule has 1 aromatic carbocycles. The summed E-state index contributed by atoms with van der Waals surface area (Å²) in [6.45, 7) is 2.06. The van der Waals surface area contributed by atoms with E-state index in [4.69, 9.17) is 0 Å². The van der Waals surface area contributed by atoms with Gasteiger partial charge in [0, 0.05) is 24.9 Å². The summed E-state index contributed by atoms with van der Waals surface area (Å²) in [5.74, 6) is 0.691. The first kappa shape index (κ1) is 13.1. The fourth-order valence-corrected chi connectivity index (χ4v) is 3.88. The molecule has 2 aromatic rings. The lowest BCUT2D eigenvalue weighted by atomic mass is 10.3. The predicted molar refractivity (Wildman–Crippen MR) is 78.9 cm³/mol. The van der Waals surface area contributed by atoms with Gasteiger partial charge >= 0.3 is 0 Å². The number of aliphatic hydroxyl groups is 1. The Morgan fingerprint density at radius 3 is 2.82 bits per heavy atom. The molecule has 90 valence electrons. The Morgan fingerprint density at radius 2 is 2.18 bits per heavy atom. The first-order valence-electron chi connectivity index (χ1n) is 5.28. The van der Waals surface area contributed by atoms with Crippen LogP contribution in [0.2, 0.25) is 0 Å². The quantitative estimate of drug-likeness (QED) is 0.824. The van der Waals surface area contributed by atoms with E-state index < -0.39 is 0 Å². The van der Waals surface area contributed by atoms with Crippen LogP contribution < -0.4 is 0 Å². The lowest BCUT2D eigenvalue weighted by molar-refractivity contribution is 0.208. The van der Waals surface area contributed by atoms with Gasteiger partial charge in [-0.25, -0.2) is 0 Å². The van der Waals surface area contributed by atoms with Gasteiger partial charge in [0.15, 0.2) is 0 Å². The number of thioether (sulfide) groups is 1. The zero-order valence-corrected chi connectivity index (χ0v) is 12.6. The fraction of sp³-hybridized carbons (Fsp3) is 0.231. The van der Waals surface area contributed by atoms with Gasteiger partial charge in [-0.1, -0.05) is 22.0 Å². The van der Waals surface area contributed by atoms with E-state index in [1.165, 1.54) is 9.77 Å². The van der Waals surface area contributed by atoms with Gasteiger partial charge in [0.05, 0.1) is 6.10 Å². The molecular weight excluding hydrogens is 316 g/mol. The molecule has 0 radical (unpaired) electrons. The van der Waals surface area contributed by atoms with E-state index in [-0.39, 0.29) is 6.10 Å². The van der Waals surface area contributed by atoms with E-state index in [1.807, 2.05) is 24.3 Å². The van der Waals surface area contributed by atoms with Gasteiger partial charge in [-0.15, -0.1) is 23.1 Å². The molecule has 2 rings (SSSR count). The highest BCUT2D eigenvalue weighted by atomic mass is 79.9. The summed E-state index contributed by atoms with van der Waals surface area (Å²) < 4.78 is 1.07. The first-order valence-corrected chi connectivity index (χ1v) is 7.87. The van der Waals surface area contributed by atoms with Crippen molar-refractivity contribution in [3.8, 4) is 0 Å². The molecule has 1 N–H and O–H groups in total. The molecule has 0 aliphatic carbocycles. The van der Waals surface area contributed by atoms with Crippen LogP contribution in [0.15, 0.2) is 45.8 Å². The third-order valence-corrected chi connectivity index (χ3v) is 4.96. The van der Waals surface area contributed by atoms with Crippen molar-refractivity contribution in [1.29, 1.82) is 0 Å². The van der Waals surface area contributed by atoms with Crippen molar-refractivity contribution in [1.82, 2.24) is 0 Å². The Morgan fingerprint density at radius 1 is 1.35 bits per heavy atom. The van der Waals surface area contributed by atoms with Crippen molar-refractivity contribution in [3.63, 3.8) is 0 Å². The molecule has 0 aliphatic rings. The molecule has 17 heavy (non-hydrogen) atoms. The summed E-state index contributed by atoms with van der Waals surface area (Å²) in [6, 6.07) is 12.2. The number of benzene rings is 1. The van der Waals surface area contributed by atoms with E-state index in [0.717, 1.165) is 9.35 Å². The summed E-state index contributed by atoms with van der Waals surface area (Å²) in [6.07, 6.45) is -0.377. The molecule has 0 aliphatic heterocycles. The molecule has 0 spiro atoms. The van der Waals surface area contributed by atoms with E-state index >= 15 is 0 Å².